The van der Waals surface area contributed by atoms with Gasteiger partial charge in [-0.1, -0.05) is 29.8 Å². The number of hydrogen-bond donors (Lipinski definition) is 0. The number of carbonyl (C=O) groups is 1. The molecule has 3 rings (SSSR count). The Labute approximate surface area is 147 Å². The van der Waals surface area contributed by atoms with Gasteiger partial charge in [0.05, 0.1) is 23.4 Å². The molecule has 0 bridgehead atoms. The van der Waals surface area contributed by atoms with Crippen LogP contribution in [0.1, 0.15) is 15.9 Å². The molecule has 24 heavy (non-hydrogen) atoms. The highest BCUT2D eigenvalue weighted by Gasteiger charge is 2.24. The Balaban J connectivity index is 1.71. The molecule has 2 aromatic carbocycles. The number of rotatable bonds is 3. The molecule has 1 amide bonds. The number of piperazine rings is 1. The highest BCUT2D eigenvalue weighted by molar-refractivity contribution is 6.33. The Hall–Kier alpha value is -2.20. The molecular weight excluding hydrogens is 324 g/mol. The van der Waals surface area contributed by atoms with Crippen molar-refractivity contribution in [2.45, 2.75) is 6.92 Å². The molecule has 126 valence electrons. The van der Waals surface area contributed by atoms with Crippen molar-refractivity contribution in [1.29, 1.82) is 0 Å². The topological polar surface area (TPSA) is 32.8 Å². The summed E-state index contributed by atoms with van der Waals surface area (Å²) in [6.07, 6.45) is 0. The van der Waals surface area contributed by atoms with E-state index in [4.69, 9.17) is 16.3 Å². The lowest BCUT2D eigenvalue weighted by Gasteiger charge is -2.37. The third-order valence-electron chi connectivity index (χ3n) is 4.35. The number of amides is 1. The maximum absolute atomic E-state index is 12.6. The Morgan fingerprint density at radius 1 is 1.08 bits per heavy atom. The van der Waals surface area contributed by atoms with Crippen LogP contribution in [0.5, 0.6) is 5.75 Å². The molecule has 1 aliphatic rings. The van der Waals surface area contributed by atoms with E-state index < -0.39 is 0 Å². The maximum Gasteiger partial charge on any atom is 0.255 e. The van der Waals surface area contributed by atoms with Gasteiger partial charge in [-0.25, -0.2) is 0 Å². The second-order valence-electron chi connectivity index (χ2n) is 5.93. The van der Waals surface area contributed by atoms with Crippen LogP contribution in [0, 0.1) is 6.92 Å². The summed E-state index contributed by atoms with van der Waals surface area (Å²) in [6.45, 7) is 4.95. The van der Waals surface area contributed by atoms with Crippen molar-refractivity contribution < 1.29 is 9.53 Å². The van der Waals surface area contributed by atoms with Crippen LogP contribution in [-0.4, -0.2) is 44.1 Å². The van der Waals surface area contributed by atoms with E-state index in [1.807, 2.05) is 29.2 Å². The second kappa shape index (κ2) is 7.14. The molecule has 0 saturated carbocycles. The van der Waals surface area contributed by atoms with Gasteiger partial charge in [-0.15, -0.1) is 0 Å². The summed E-state index contributed by atoms with van der Waals surface area (Å²) < 4.78 is 5.47. The van der Waals surface area contributed by atoms with Crippen molar-refractivity contribution in [3.63, 3.8) is 0 Å². The van der Waals surface area contributed by atoms with E-state index in [9.17, 15) is 4.79 Å². The van der Waals surface area contributed by atoms with Crippen LogP contribution in [-0.2, 0) is 0 Å². The fourth-order valence-electron chi connectivity index (χ4n) is 3.00. The molecule has 0 unspecified atom stereocenters. The van der Waals surface area contributed by atoms with Crippen LogP contribution >= 0.6 is 11.6 Å². The lowest BCUT2D eigenvalue weighted by atomic mass is 10.1. The van der Waals surface area contributed by atoms with Crippen LogP contribution in [0.2, 0.25) is 5.02 Å². The zero-order chi connectivity index (χ0) is 17.1. The molecule has 0 radical (unpaired) electrons. The highest BCUT2D eigenvalue weighted by atomic mass is 35.5. The third-order valence-corrected chi connectivity index (χ3v) is 4.68. The molecule has 0 N–H and O–H groups in total. The SMILES string of the molecule is COc1ccc(C)cc1N1CCN(C(=O)c2ccccc2Cl)CC1. The normalized spacial score (nSPS) is 14.6. The van der Waals surface area contributed by atoms with Gasteiger partial charge in [0.1, 0.15) is 5.75 Å². The summed E-state index contributed by atoms with van der Waals surface area (Å²) in [4.78, 5) is 16.8. The summed E-state index contributed by atoms with van der Waals surface area (Å²) in [5.41, 5.74) is 2.85. The number of carbonyl (C=O) groups excluding carboxylic acids is 1. The van der Waals surface area contributed by atoms with E-state index in [0.29, 0.717) is 23.7 Å². The highest BCUT2D eigenvalue weighted by Crippen LogP contribution is 2.30. The van der Waals surface area contributed by atoms with E-state index >= 15 is 0 Å². The largest absolute Gasteiger partial charge is 0.495 e. The van der Waals surface area contributed by atoms with Gasteiger partial charge in [0.2, 0.25) is 0 Å². The third kappa shape index (κ3) is 3.34. The van der Waals surface area contributed by atoms with Crippen molar-refractivity contribution in [3.05, 3.63) is 58.6 Å². The number of hydrogen-bond acceptors (Lipinski definition) is 3. The smallest absolute Gasteiger partial charge is 0.255 e. The van der Waals surface area contributed by atoms with Gasteiger partial charge < -0.3 is 14.5 Å². The van der Waals surface area contributed by atoms with E-state index in [1.165, 1.54) is 5.56 Å². The van der Waals surface area contributed by atoms with Crippen LogP contribution < -0.4 is 9.64 Å². The minimum atomic E-state index is -0.00328. The van der Waals surface area contributed by atoms with Crippen molar-refractivity contribution in [2.75, 3.05) is 38.2 Å². The Kier molecular flexibility index (Phi) is 4.95. The van der Waals surface area contributed by atoms with Crippen LogP contribution in [0.4, 0.5) is 5.69 Å². The first-order chi connectivity index (χ1) is 11.6. The van der Waals surface area contributed by atoms with Crippen LogP contribution in [0.25, 0.3) is 0 Å². The minimum absolute atomic E-state index is 0.00328. The first kappa shape index (κ1) is 16.7. The second-order valence-corrected chi connectivity index (χ2v) is 6.34. The van der Waals surface area contributed by atoms with Crippen molar-refractivity contribution in [1.82, 2.24) is 4.90 Å². The molecule has 0 spiro atoms. The lowest BCUT2D eigenvalue weighted by Crippen LogP contribution is -2.49. The molecule has 4 nitrogen and oxygen atoms in total. The first-order valence-electron chi connectivity index (χ1n) is 8.03. The summed E-state index contributed by atoms with van der Waals surface area (Å²) in [5, 5.41) is 0.505. The molecule has 2 aromatic rings. The standard InChI is InChI=1S/C19H21ClN2O2/c1-14-7-8-18(24-2)17(13-14)21-9-11-22(12-10-21)19(23)15-5-3-4-6-16(15)20/h3-8,13H,9-12H2,1-2H3. The summed E-state index contributed by atoms with van der Waals surface area (Å²) in [6, 6.07) is 13.4. The number of methoxy groups -OCH3 is 1. The molecular formula is C19H21ClN2O2. The van der Waals surface area contributed by atoms with Crippen molar-refractivity contribution in [2.24, 2.45) is 0 Å². The predicted molar refractivity (Wildman–Crippen MR) is 97.3 cm³/mol. The molecule has 1 saturated heterocycles. The summed E-state index contributed by atoms with van der Waals surface area (Å²) >= 11 is 6.15. The Bertz CT molecular complexity index is 740. The fourth-order valence-corrected chi connectivity index (χ4v) is 3.22. The molecule has 0 aromatic heterocycles. The average Bonchev–Trinajstić information content (AvgIpc) is 2.62. The zero-order valence-corrected chi connectivity index (χ0v) is 14.7. The van der Waals surface area contributed by atoms with Crippen LogP contribution in [0.15, 0.2) is 42.5 Å². The number of aryl methyl sites for hydroxylation is 1. The zero-order valence-electron chi connectivity index (χ0n) is 14.0. The number of anilines is 1. The number of ether oxygens (including phenoxy) is 1. The van der Waals surface area contributed by atoms with Gasteiger partial charge in [0.25, 0.3) is 5.91 Å². The molecule has 0 aliphatic carbocycles. The maximum atomic E-state index is 12.6. The molecule has 1 heterocycles. The minimum Gasteiger partial charge on any atom is -0.495 e. The molecule has 1 aliphatic heterocycles. The van der Waals surface area contributed by atoms with E-state index in [1.54, 1.807) is 19.2 Å². The van der Waals surface area contributed by atoms with Gasteiger partial charge in [-0.3, -0.25) is 4.79 Å². The van der Waals surface area contributed by atoms with Crippen molar-refractivity contribution >= 4 is 23.2 Å². The van der Waals surface area contributed by atoms with Gasteiger partial charge >= 0.3 is 0 Å². The number of halogens is 1. The number of benzene rings is 2. The number of nitrogens with zero attached hydrogens (tertiary/aromatic N) is 2. The Morgan fingerprint density at radius 2 is 1.79 bits per heavy atom. The fraction of sp³-hybridized carbons (Fsp3) is 0.316. The molecule has 0 atom stereocenters. The summed E-state index contributed by atoms with van der Waals surface area (Å²) in [5.74, 6) is 0.864. The average molecular weight is 345 g/mol. The van der Waals surface area contributed by atoms with E-state index in [-0.39, 0.29) is 5.91 Å². The van der Waals surface area contributed by atoms with E-state index in [0.717, 1.165) is 24.5 Å². The van der Waals surface area contributed by atoms with E-state index in [2.05, 4.69) is 17.9 Å². The molecule has 5 heteroatoms. The molecule has 1 fully saturated rings. The van der Waals surface area contributed by atoms with Gasteiger partial charge in [-0.05, 0) is 36.8 Å². The lowest BCUT2D eigenvalue weighted by molar-refractivity contribution is 0.0747. The van der Waals surface area contributed by atoms with Gasteiger partial charge in [-0.2, -0.15) is 0 Å². The van der Waals surface area contributed by atoms with Gasteiger partial charge in [0, 0.05) is 26.2 Å². The Morgan fingerprint density at radius 3 is 2.46 bits per heavy atom. The van der Waals surface area contributed by atoms with Crippen LogP contribution in [0.3, 0.4) is 0 Å². The van der Waals surface area contributed by atoms with Gasteiger partial charge in [0.15, 0.2) is 0 Å². The van der Waals surface area contributed by atoms with Crippen molar-refractivity contribution in [3.8, 4) is 5.75 Å². The predicted octanol–water partition coefficient (Wildman–Crippen LogP) is 3.62. The quantitative estimate of drug-likeness (QED) is 0.852. The first-order valence-corrected chi connectivity index (χ1v) is 8.41. The summed E-state index contributed by atoms with van der Waals surface area (Å²) in [7, 11) is 1.69. The monoisotopic (exact) mass is 344 g/mol.